The zero-order valence-electron chi connectivity index (χ0n) is 11.3. The van der Waals surface area contributed by atoms with Gasteiger partial charge in [-0.15, -0.1) is 0 Å². The minimum Gasteiger partial charge on any atom is -0.494 e. The molecule has 1 fully saturated rings. The lowest BCUT2D eigenvalue weighted by molar-refractivity contribution is 0.313. The van der Waals surface area contributed by atoms with Crippen molar-refractivity contribution in [2.75, 3.05) is 26.2 Å². The molecular formula is C15H24N2O. The van der Waals surface area contributed by atoms with Gasteiger partial charge in [-0.25, -0.2) is 0 Å². The summed E-state index contributed by atoms with van der Waals surface area (Å²) in [6.07, 6.45) is 2.30. The summed E-state index contributed by atoms with van der Waals surface area (Å²) in [4.78, 5) is 2.49. The Kier molecular flexibility index (Phi) is 5.02. The van der Waals surface area contributed by atoms with Gasteiger partial charge in [0.05, 0.1) is 6.61 Å². The maximum atomic E-state index is 5.71. The highest BCUT2D eigenvalue weighted by Gasteiger charge is 2.20. The summed E-state index contributed by atoms with van der Waals surface area (Å²) in [6.45, 7) is 7.09. The molecule has 0 bridgehead atoms. The van der Waals surface area contributed by atoms with E-state index in [-0.39, 0.29) is 0 Å². The highest BCUT2D eigenvalue weighted by atomic mass is 16.5. The number of likely N-dealkylation sites (tertiary alicyclic amines) is 1. The number of nitrogens with zero attached hydrogens (tertiary/aromatic N) is 1. The SMILES string of the molecule is CCCOc1ccc(CN2CCC(CN)C2)cc1. The predicted octanol–water partition coefficient (Wildman–Crippen LogP) is 2.26. The zero-order chi connectivity index (χ0) is 12.8. The molecule has 3 nitrogen and oxygen atoms in total. The van der Waals surface area contributed by atoms with E-state index in [4.69, 9.17) is 10.5 Å². The van der Waals surface area contributed by atoms with Crippen molar-refractivity contribution in [1.29, 1.82) is 0 Å². The highest BCUT2D eigenvalue weighted by molar-refractivity contribution is 5.27. The molecule has 0 saturated carbocycles. The number of hydrogen-bond acceptors (Lipinski definition) is 3. The number of rotatable bonds is 6. The monoisotopic (exact) mass is 248 g/mol. The molecule has 3 heteroatoms. The van der Waals surface area contributed by atoms with Crippen LogP contribution in [0, 0.1) is 5.92 Å². The van der Waals surface area contributed by atoms with E-state index in [1.165, 1.54) is 18.5 Å². The van der Waals surface area contributed by atoms with Crippen molar-refractivity contribution in [3.05, 3.63) is 29.8 Å². The molecule has 0 spiro atoms. The molecule has 1 saturated heterocycles. The summed E-state index contributed by atoms with van der Waals surface area (Å²) in [6, 6.07) is 8.48. The van der Waals surface area contributed by atoms with Crippen molar-refractivity contribution >= 4 is 0 Å². The first-order valence-electron chi connectivity index (χ1n) is 6.96. The van der Waals surface area contributed by atoms with Crippen molar-refractivity contribution in [3.63, 3.8) is 0 Å². The molecule has 0 aromatic heterocycles. The lowest BCUT2D eigenvalue weighted by atomic mass is 10.1. The normalized spacial score (nSPS) is 20.2. The van der Waals surface area contributed by atoms with Crippen LogP contribution < -0.4 is 10.5 Å². The Morgan fingerprint density at radius 3 is 2.72 bits per heavy atom. The van der Waals surface area contributed by atoms with Crippen LogP contribution in [-0.4, -0.2) is 31.1 Å². The van der Waals surface area contributed by atoms with Crippen LogP contribution in [0.15, 0.2) is 24.3 Å². The van der Waals surface area contributed by atoms with Crippen molar-refractivity contribution < 1.29 is 4.74 Å². The molecule has 100 valence electrons. The third-order valence-corrected chi connectivity index (χ3v) is 3.51. The van der Waals surface area contributed by atoms with E-state index < -0.39 is 0 Å². The Balaban J connectivity index is 1.83. The highest BCUT2D eigenvalue weighted by Crippen LogP contribution is 2.19. The predicted molar refractivity (Wildman–Crippen MR) is 74.7 cm³/mol. The number of hydrogen-bond donors (Lipinski definition) is 1. The molecule has 2 N–H and O–H groups in total. The molecule has 0 radical (unpaired) electrons. The summed E-state index contributed by atoms with van der Waals surface area (Å²) in [5.41, 5.74) is 7.07. The molecule has 1 atom stereocenters. The van der Waals surface area contributed by atoms with Crippen molar-refractivity contribution in [3.8, 4) is 5.75 Å². The van der Waals surface area contributed by atoms with Gasteiger partial charge in [-0.1, -0.05) is 19.1 Å². The third-order valence-electron chi connectivity index (χ3n) is 3.51. The van der Waals surface area contributed by atoms with E-state index in [0.29, 0.717) is 5.92 Å². The van der Waals surface area contributed by atoms with E-state index in [1.54, 1.807) is 0 Å². The van der Waals surface area contributed by atoms with Gasteiger partial charge in [0.2, 0.25) is 0 Å². The van der Waals surface area contributed by atoms with Crippen LogP contribution in [0.4, 0.5) is 0 Å². The fraction of sp³-hybridized carbons (Fsp3) is 0.600. The lowest BCUT2D eigenvalue weighted by Gasteiger charge is -2.16. The van der Waals surface area contributed by atoms with Gasteiger partial charge in [-0.2, -0.15) is 0 Å². The van der Waals surface area contributed by atoms with Gasteiger partial charge in [0.25, 0.3) is 0 Å². The molecule has 1 aromatic carbocycles. The number of benzene rings is 1. The Hall–Kier alpha value is -1.06. The van der Waals surface area contributed by atoms with Crippen molar-refractivity contribution in [1.82, 2.24) is 4.90 Å². The van der Waals surface area contributed by atoms with Crippen LogP contribution in [0.2, 0.25) is 0 Å². The van der Waals surface area contributed by atoms with Gasteiger partial charge in [-0.05, 0) is 49.5 Å². The Morgan fingerprint density at radius 1 is 1.33 bits per heavy atom. The molecule has 1 aromatic rings. The van der Waals surface area contributed by atoms with Crippen molar-refractivity contribution in [2.45, 2.75) is 26.3 Å². The summed E-state index contributed by atoms with van der Waals surface area (Å²) in [5.74, 6) is 1.67. The summed E-state index contributed by atoms with van der Waals surface area (Å²) >= 11 is 0. The van der Waals surface area contributed by atoms with Gasteiger partial charge in [0.15, 0.2) is 0 Å². The van der Waals surface area contributed by atoms with Crippen LogP contribution in [0.3, 0.4) is 0 Å². The maximum absolute atomic E-state index is 5.71. The van der Waals surface area contributed by atoms with E-state index >= 15 is 0 Å². The van der Waals surface area contributed by atoms with Gasteiger partial charge in [0.1, 0.15) is 5.75 Å². The Morgan fingerprint density at radius 2 is 2.11 bits per heavy atom. The molecule has 1 aliphatic rings. The van der Waals surface area contributed by atoms with Crippen LogP contribution in [0.25, 0.3) is 0 Å². The van der Waals surface area contributed by atoms with Crippen LogP contribution in [0.5, 0.6) is 5.75 Å². The minimum atomic E-state index is 0.692. The van der Waals surface area contributed by atoms with Crippen LogP contribution >= 0.6 is 0 Å². The molecule has 0 aliphatic carbocycles. The summed E-state index contributed by atoms with van der Waals surface area (Å²) in [5, 5.41) is 0. The van der Waals surface area contributed by atoms with Crippen molar-refractivity contribution in [2.24, 2.45) is 11.7 Å². The molecule has 1 heterocycles. The van der Waals surface area contributed by atoms with Crippen LogP contribution in [0.1, 0.15) is 25.3 Å². The standard InChI is InChI=1S/C15H24N2O/c1-2-9-18-15-5-3-13(4-6-15)11-17-8-7-14(10-16)12-17/h3-6,14H,2,7-12,16H2,1H3. The first-order valence-corrected chi connectivity index (χ1v) is 6.96. The second kappa shape index (κ2) is 6.76. The largest absolute Gasteiger partial charge is 0.494 e. The van der Waals surface area contributed by atoms with Crippen LogP contribution in [-0.2, 0) is 6.54 Å². The van der Waals surface area contributed by atoms with Gasteiger partial charge >= 0.3 is 0 Å². The van der Waals surface area contributed by atoms with E-state index in [1.807, 2.05) is 0 Å². The first kappa shape index (κ1) is 13.4. The second-order valence-corrected chi connectivity index (χ2v) is 5.12. The van der Waals surface area contributed by atoms with E-state index in [0.717, 1.165) is 38.4 Å². The molecule has 2 rings (SSSR count). The Bertz CT molecular complexity index is 350. The summed E-state index contributed by atoms with van der Waals surface area (Å²) in [7, 11) is 0. The molecule has 0 amide bonds. The van der Waals surface area contributed by atoms with E-state index in [9.17, 15) is 0 Å². The van der Waals surface area contributed by atoms with Gasteiger partial charge in [0, 0.05) is 13.1 Å². The minimum absolute atomic E-state index is 0.692. The maximum Gasteiger partial charge on any atom is 0.119 e. The Labute approximate surface area is 110 Å². The molecule has 1 aliphatic heterocycles. The fourth-order valence-corrected chi connectivity index (χ4v) is 2.42. The number of ether oxygens (including phenoxy) is 1. The topological polar surface area (TPSA) is 38.5 Å². The smallest absolute Gasteiger partial charge is 0.119 e. The molecule has 18 heavy (non-hydrogen) atoms. The third kappa shape index (κ3) is 3.72. The molecule has 1 unspecified atom stereocenters. The molecular weight excluding hydrogens is 224 g/mol. The van der Waals surface area contributed by atoms with Gasteiger partial charge < -0.3 is 10.5 Å². The quantitative estimate of drug-likeness (QED) is 0.839. The number of nitrogens with two attached hydrogens (primary N) is 1. The van der Waals surface area contributed by atoms with E-state index in [2.05, 4.69) is 36.1 Å². The second-order valence-electron chi connectivity index (χ2n) is 5.12. The zero-order valence-corrected chi connectivity index (χ0v) is 11.3. The lowest BCUT2D eigenvalue weighted by Crippen LogP contribution is -2.22. The van der Waals surface area contributed by atoms with Gasteiger partial charge in [-0.3, -0.25) is 4.90 Å². The average molecular weight is 248 g/mol. The summed E-state index contributed by atoms with van der Waals surface area (Å²) < 4.78 is 5.58. The first-order chi connectivity index (χ1) is 8.81. The fourth-order valence-electron chi connectivity index (χ4n) is 2.42. The average Bonchev–Trinajstić information content (AvgIpc) is 2.86.